The van der Waals surface area contributed by atoms with Crippen molar-refractivity contribution in [1.29, 1.82) is 0 Å². The van der Waals surface area contributed by atoms with Crippen molar-refractivity contribution in [1.82, 2.24) is 0 Å². The minimum absolute atomic E-state index is 0.0984. The third kappa shape index (κ3) is 6.68. The largest absolute Gasteiger partial charge is 0.356 e. The van der Waals surface area contributed by atoms with E-state index in [1.807, 2.05) is 0 Å². The zero-order chi connectivity index (χ0) is 5.91. The topological polar surface area (TPSA) is 43.4 Å². The molecule has 0 aliphatic rings. The number of halogens is 2. The van der Waals surface area contributed by atoms with Gasteiger partial charge in [0.25, 0.3) is 0 Å². The molecule has 0 aliphatic heterocycles. The van der Waals surface area contributed by atoms with Gasteiger partial charge < -0.3 is 0 Å². The first-order valence-electron chi connectivity index (χ1n) is 1.21. The average molecular weight is 209 g/mol. The summed E-state index contributed by atoms with van der Waals surface area (Å²) in [6, 6.07) is 0. The van der Waals surface area contributed by atoms with Crippen LogP contribution >= 0.6 is 26.6 Å². The van der Waals surface area contributed by atoms with Crippen molar-refractivity contribution < 1.29 is 12.6 Å². The van der Waals surface area contributed by atoms with Crippen LogP contribution in [0.15, 0.2) is 0 Å². The van der Waals surface area contributed by atoms with Crippen LogP contribution in [0.2, 0.25) is 0 Å². The summed E-state index contributed by atoms with van der Waals surface area (Å²) in [5.41, 5.74) is -0.0984. The molecule has 0 aromatic heterocycles. The van der Waals surface area contributed by atoms with Gasteiger partial charge in [0.2, 0.25) is 0 Å². The quantitative estimate of drug-likeness (QED) is 0.500. The van der Waals surface area contributed by atoms with Crippen molar-refractivity contribution in [2.75, 3.05) is 5.52 Å². The maximum atomic E-state index is 9.74. The van der Waals surface area contributed by atoms with Crippen LogP contribution in [0, 0.1) is 0 Å². The van der Waals surface area contributed by atoms with Gasteiger partial charge in [0.15, 0.2) is 0 Å². The molecule has 3 nitrogen and oxygen atoms in total. The van der Waals surface area contributed by atoms with E-state index in [9.17, 15) is 8.42 Å². The Kier molecular flexibility index (Phi) is 3.14. The lowest BCUT2D eigenvalue weighted by Crippen LogP contribution is -1.92. The molecule has 0 aromatic carbocycles. The molecule has 0 rings (SSSR count). The van der Waals surface area contributed by atoms with E-state index in [2.05, 4.69) is 30.8 Å². The fraction of sp³-hybridized carbons (Fsp3) is 1.00. The summed E-state index contributed by atoms with van der Waals surface area (Å²) in [6.45, 7) is 0. The highest BCUT2D eigenvalue weighted by molar-refractivity contribution is 9.09. The van der Waals surface area contributed by atoms with Gasteiger partial charge >= 0.3 is 9.33 Å². The molecule has 0 unspecified atom stereocenters. The van der Waals surface area contributed by atoms with Crippen molar-refractivity contribution in [3.05, 3.63) is 0 Å². The molecule has 0 fully saturated rings. The first kappa shape index (κ1) is 7.68. The third-order valence-electron chi connectivity index (χ3n) is 0.185. The zero-order valence-electron chi connectivity index (χ0n) is 3.10. The lowest BCUT2D eigenvalue weighted by atomic mass is 11.8. The van der Waals surface area contributed by atoms with Gasteiger partial charge in [0.1, 0.15) is 5.52 Å². The van der Waals surface area contributed by atoms with Crippen LogP contribution in [0.1, 0.15) is 0 Å². The summed E-state index contributed by atoms with van der Waals surface area (Å²) in [5, 5.41) is 0. The van der Waals surface area contributed by atoms with Crippen molar-refractivity contribution in [3.8, 4) is 0 Å². The van der Waals surface area contributed by atoms with Gasteiger partial charge in [-0.3, -0.25) is 0 Å². The molecule has 0 radical (unpaired) electrons. The molecular formula is CH2BrClO3S. The minimum atomic E-state index is -3.75. The monoisotopic (exact) mass is 208 g/mol. The zero-order valence-corrected chi connectivity index (χ0v) is 6.25. The van der Waals surface area contributed by atoms with Crippen LogP contribution < -0.4 is 0 Å². The Bertz CT molecular complexity index is 128. The normalized spacial score (nSPS) is 11.7. The van der Waals surface area contributed by atoms with Gasteiger partial charge in [-0.1, -0.05) is 15.9 Å². The highest BCUT2D eigenvalue weighted by atomic mass is 79.9. The lowest BCUT2D eigenvalue weighted by Gasteiger charge is -1.86. The summed E-state index contributed by atoms with van der Waals surface area (Å²) >= 11 is 2.70. The van der Waals surface area contributed by atoms with Crippen molar-refractivity contribution in [3.63, 3.8) is 0 Å². The van der Waals surface area contributed by atoms with E-state index in [0.717, 1.165) is 0 Å². The SMILES string of the molecule is O=S(=O)(Cl)OCBr. The number of alkyl halides is 1. The molecule has 0 spiro atoms. The first-order valence-corrected chi connectivity index (χ1v) is 4.57. The Labute approximate surface area is 54.4 Å². The molecule has 0 aromatic rings. The van der Waals surface area contributed by atoms with E-state index >= 15 is 0 Å². The van der Waals surface area contributed by atoms with Crippen LogP contribution in [0.4, 0.5) is 0 Å². The van der Waals surface area contributed by atoms with Gasteiger partial charge in [-0.15, -0.1) is 0 Å². The molecule has 0 N–H and O–H groups in total. The number of hydrogen-bond acceptors (Lipinski definition) is 3. The van der Waals surface area contributed by atoms with Gasteiger partial charge in [-0.2, -0.15) is 8.42 Å². The second-order valence-electron chi connectivity index (χ2n) is 0.620. The van der Waals surface area contributed by atoms with Gasteiger partial charge in [0.05, 0.1) is 0 Å². The first-order chi connectivity index (χ1) is 3.06. The van der Waals surface area contributed by atoms with Crippen LogP contribution in [-0.4, -0.2) is 13.9 Å². The smallest absolute Gasteiger partial charge is 0.246 e. The maximum Gasteiger partial charge on any atom is 0.356 e. The molecule has 0 bridgehead atoms. The van der Waals surface area contributed by atoms with Crippen LogP contribution in [0.3, 0.4) is 0 Å². The molecule has 0 saturated heterocycles. The van der Waals surface area contributed by atoms with Crippen LogP contribution in [0.5, 0.6) is 0 Å². The lowest BCUT2D eigenvalue weighted by molar-refractivity contribution is 0.399. The number of rotatable bonds is 2. The second kappa shape index (κ2) is 2.86. The Hall–Kier alpha value is 0.680. The second-order valence-corrected chi connectivity index (χ2v) is 3.23. The standard InChI is InChI=1S/CH2BrClO3S/c2-1-6-7(3,4)5/h1H2. The van der Waals surface area contributed by atoms with Gasteiger partial charge in [-0.05, 0) is 0 Å². The molecule has 0 heterocycles. The molecule has 0 amide bonds. The molecule has 0 aliphatic carbocycles. The van der Waals surface area contributed by atoms with Crippen molar-refractivity contribution in [2.24, 2.45) is 0 Å². The van der Waals surface area contributed by atoms with Crippen molar-refractivity contribution in [2.45, 2.75) is 0 Å². The Morgan fingerprint density at radius 1 is 1.71 bits per heavy atom. The molecule has 44 valence electrons. The average Bonchev–Trinajstić information content (AvgIpc) is 1.30. The van der Waals surface area contributed by atoms with E-state index in [1.165, 1.54) is 0 Å². The summed E-state index contributed by atoms with van der Waals surface area (Å²) in [6.07, 6.45) is 0. The van der Waals surface area contributed by atoms with E-state index in [4.69, 9.17) is 0 Å². The van der Waals surface area contributed by atoms with E-state index in [-0.39, 0.29) is 5.52 Å². The third-order valence-corrected chi connectivity index (χ3v) is 1.38. The van der Waals surface area contributed by atoms with Crippen LogP contribution in [-0.2, 0) is 13.5 Å². The van der Waals surface area contributed by atoms with E-state index in [1.54, 1.807) is 0 Å². The molecular weight excluding hydrogens is 207 g/mol. The van der Waals surface area contributed by atoms with E-state index < -0.39 is 9.33 Å². The van der Waals surface area contributed by atoms with Crippen LogP contribution in [0.25, 0.3) is 0 Å². The molecule has 0 atom stereocenters. The minimum Gasteiger partial charge on any atom is -0.246 e. The van der Waals surface area contributed by atoms with E-state index in [0.29, 0.717) is 0 Å². The fourth-order valence-corrected chi connectivity index (χ4v) is 1.35. The highest BCUT2D eigenvalue weighted by Crippen LogP contribution is 1.99. The Morgan fingerprint density at radius 3 is 2.14 bits per heavy atom. The Morgan fingerprint density at radius 2 is 2.14 bits per heavy atom. The predicted octanol–water partition coefficient (Wildman–Crippen LogP) is 0.839. The van der Waals surface area contributed by atoms with Crippen molar-refractivity contribution >= 4 is 35.9 Å². The number of hydrogen-bond donors (Lipinski definition) is 0. The maximum absolute atomic E-state index is 9.74. The summed E-state index contributed by atoms with van der Waals surface area (Å²) in [7, 11) is 0.804. The molecule has 6 heteroatoms. The van der Waals surface area contributed by atoms with Gasteiger partial charge in [0, 0.05) is 10.7 Å². The predicted molar refractivity (Wildman–Crippen MR) is 29.7 cm³/mol. The Balaban J connectivity index is 3.60. The molecule has 0 saturated carbocycles. The molecule has 7 heavy (non-hydrogen) atoms. The van der Waals surface area contributed by atoms with Gasteiger partial charge in [-0.25, -0.2) is 4.18 Å². The summed E-state index contributed by atoms with van der Waals surface area (Å²) in [5.74, 6) is 0. The summed E-state index contributed by atoms with van der Waals surface area (Å²) < 4.78 is 23.4. The fourth-order valence-electron chi connectivity index (χ4n) is 0.0532. The summed E-state index contributed by atoms with van der Waals surface area (Å²) in [4.78, 5) is 0. The highest BCUT2D eigenvalue weighted by Gasteiger charge is 1.99.